The van der Waals surface area contributed by atoms with Crippen molar-refractivity contribution in [1.82, 2.24) is 4.90 Å². The zero-order valence-electron chi connectivity index (χ0n) is 12.7. The van der Waals surface area contributed by atoms with Crippen LogP contribution in [0, 0.1) is 17.8 Å². The predicted octanol–water partition coefficient (Wildman–Crippen LogP) is 4.42. The van der Waals surface area contributed by atoms with E-state index in [1.54, 1.807) is 5.70 Å². The average molecular weight is 279 g/mol. The van der Waals surface area contributed by atoms with Gasteiger partial charge in [0.1, 0.15) is 0 Å². The van der Waals surface area contributed by atoms with E-state index in [1.165, 1.54) is 44.3 Å². The van der Waals surface area contributed by atoms with E-state index in [9.17, 15) is 0 Å². The first-order chi connectivity index (χ1) is 10.4. The molecule has 1 aromatic carbocycles. The molecule has 1 saturated carbocycles. The Morgan fingerprint density at radius 2 is 1.76 bits per heavy atom. The fourth-order valence-corrected chi connectivity index (χ4v) is 4.67. The van der Waals surface area contributed by atoms with Crippen LogP contribution >= 0.6 is 0 Å². The summed E-state index contributed by atoms with van der Waals surface area (Å²) in [6.07, 6.45) is 13.6. The SMILES string of the molecule is C1=CCC(N2CC3CCC[C@@H](C2)[C@@H]3Cc2ccccc2)=C1. The molecule has 1 saturated heterocycles. The molecular formula is C20H25N. The molecule has 0 spiro atoms. The van der Waals surface area contributed by atoms with E-state index in [1.807, 2.05) is 0 Å². The van der Waals surface area contributed by atoms with E-state index >= 15 is 0 Å². The number of allylic oxidation sites excluding steroid dienone is 3. The molecule has 21 heavy (non-hydrogen) atoms. The van der Waals surface area contributed by atoms with Crippen molar-refractivity contribution < 1.29 is 0 Å². The predicted molar refractivity (Wildman–Crippen MR) is 87.9 cm³/mol. The second kappa shape index (κ2) is 5.71. The normalized spacial score (nSPS) is 31.3. The topological polar surface area (TPSA) is 3.24 Å². The van der Waals surface area contributed by atoms with Crippen LogP contribution in [0.4, 0.5) is 0 Å². The van der Waals surface area contributed by atoms with Crippen LogP contribution in [-0.4, -0.2) is 18.0 Å². The molecule has 4 rings (SSSR count). The van der Waals surface area contributed by atoms with Crippen molar-refractivity contribution in [3.05, 3.63) is 59.8 Å². The van der Waals surface area contributed by atoms with Gasteiger partial charge in [-0.3, -0.25) is 0 Å². The van der Waals surface area contributed by atoms with Crippen molar-refractivity contribution in [3.8, 4) is 0 Å². The molecule has 1 unspecified atom stereocenters. The lowest BCUT2D eigenvalue weighted by Crippen LogP contribution is -2.48. The lowest BCUT2D eigenvalue weighted by Gasteiger charge is -2.49. The Hall–Kier alpha value is -1.50. The second-order valence-corrected chi connectivity index (χ2v) is 7.00. The number of nitrogens with zero attached hydrogens (tertiary/aromatic N) is 1. The summed E-state index contributed by atoms with van der Waals surface area (Å²) in [6, 6.07) is 11.1. The summed E-state index contributed by atoms with van der Waals surface area (Å²) >= 11 is 0. The Morgan fingerprint density at radius 3 is 2.43 bits per heavy atom. The van der Waals surface area contributed by atoms with Crippen LogP contribution in [0.1, 0.15) is 31.2 Å². The smallest absolute Gasteiger partial charge is 0.0206 e. The summed E-state index contributed by atoms with van der Waals surface area (Å²) in [5, 5.41) is 0. The fourth-order valence-electron chi connectivity index (χ4n) is 4.67. The van der Waals surface area contributed by atoms with Crippen LogP contribution in [0.5, 0.6) is 0 Å². The van der Waals surface area contributed by atoms with Gasteiger partial charge in [0.15, 0.2) is 0 Å². The number of likely N-dealkylation sites (tertiary alicyclic amines) is 1. The summed E-state index contributed by atoms with van der Waals surface area (Å²) in [4.78, 5) is 2.69. The van der Waals surface area contributed by atoms with Crippen molar-refractivity contribution in [2.24, 2.45) is 17.8 Å². The number of piperidine rings is 1. The van der Waals surface area contributed by atoms with Crippen LogP contribution in [-0.2, 0) is 6.42 Å². The molecule has 0 N–H and O–H groups in total. The molecule has 1 aliphatic heterocycles. The molecule has 0 aromatic heterocycles. The van der Waals surface area contributed by atoms with Gasteiger partial charge in [0, 0.05) is 25.2 Å². The number of rotatable bonds is 3. The van der Waals surface area contributed by atoms with E-state index in [0.29, 0.717) is 0 Å². The molecule has 3 atom stereocenters. The van der Waals surface area contributed by atoms with Gasteiger partial charge in [-0.1, -0.05) is 48.9 Å². The first-order valence-corrected chi connectivity index (χ1v) is 8.55. The summed E-state index contributed by atoms with van der Waals surface area (Å²) in [7, 11) is 0. The molecule has 2 aliphatic carbocycles. The van der Waals surface area contributed by atoms with Gasteiger partial charge in [-0.2, -0.15) is 0 Å². The largest absolute Gasteiger partial charge is 0.374 e. The van der Waals surface area contributed by atoms with E-state index in [4.69, 9.17) is 0 Å². The summed E-state index contributed by atoms with van der Waals surface area (Å²) < 4.78 is 0. The van der Waals surface area contributed by atoms with Crippen LogP contribution in [0.25, 0.3) is 0 Å². The second-order valence-electron chi connectivity index (χ2n) is 7.00. The molecule has 2 fully saturated rings. The Balaban J connectivity index is 1.49. The molecule has 0 amide bonds. The minimum Gasteiger partial charge on any atom is -0.374 e. The molecule has 110 valence electrons. The van der Waals surface area contributed by atoms with Gasteiger partial charge in [-0.25, -0.2) is 0 Å². The minimum atomic E-state index is 0.902. The fraction of sp³-hybridized carbons (Fsp3) is 0.500. The Bertz CT molecular complexity index is 528. The van der Waals surface area contributed by atoms with Crippen LogP contribution in [0.3, 0.4) is 0 Å². The summed E-state index contributed by atoms with van der Waals surface area (Å²) in [5.41, 5.74) is 3.10. The monoisotopic (exact) mass is 279 g/mol. The van der Waals surface area contributed by atoms with E-state index in [2.05, 4.69) is 53.5 Å². The molecule has 1 heterocycles. The van der Waals surface area contributed by atoms with Crippen molar-refractivity contribution in [2.45, 2.75) is 32.1 Å². The standard InChI is InChI=1S/C20H25N/c1-2-7-16(8-3-1)13-20-17-9-6-10-18(20)15-21(14-17)19-11-4-5-12-19/h1-5,7-8,11,17-18,20H,6,9-10,12-15H2/t17-,18?,20-/m0/s1. The third kappa shape index (κ3) is 2.66. The zero-order valence-corrected chi connectivity index (χ0v) is 12.7. The number of fused-ring (bicyclic) bond motifs is 2. The zero-order chi connectivity index (χ0) is 14.1. The maximum Gasteiger partial charge on any atom is 0.0206 e. The van der Waals surface area contributed by atoms with Crippen LogP contribution < -0.4 is 0 Å². The Morgan fingerprint density at radius 1 is 1.00 bits per heavy atom. The lowest BCUT2D eigenvalue weighted by atomic mass is 9.66. The molecule has 3 aliphatic rings. The lowest BCUT2D eigenvalue weighted by molar-refractivity contribution is 0.0403. The number of benzene rings is 1. The summed E-state index contributed by atoms with van der Waals surface area (Å²) in [5.74, 6) is 2.71. The maximum absolute atomic E-state index is 2.69. The van der Waals surface area contributed by atoms with Gasteiger partial charge in [-0.05, 0) is 48.7 Å². The van der Waals surface area contributed by atoms with Gasteiger partial charge in [-0.15, -0.1) is 0 Å². The van der Waals surface area contributed by atoms with Crippen molar-refractivity contribution in [3.63, 3.8) is 0 Å². The first-order valence-electron chi connectivity index (χ1n) is 8.55. The highest BCUT2D eigenvalue weighted by Crippen LogP contribution is 2.42. The highest BCUT2D eigenvalue weighted by atomic mass is 15.2. The quantitative estimate of drug-likeness (QED) is 0.791. The molecule has 1 nitrogen and oxygen atoms in total. The van der Waals surface area contributed by atoms with Crippen molar-refractivity contribution >= 4 is 0 Å². The van der Waals surface area contributed by atoms with Gasteiger partial charge >= 0.3 is 0 Å². The van der Waals surface area contributed by atoms with E-state index in [-0.39, 0.29) is 0 Å². The average Bonchev–Trinajstić information content (AvgIpc) is 3.02. The van der Waals surface area contributed by atoms with Gasteiger partial charge in [0.25, 0.3) is 0 Å². The highest BCUT2D eigenvalue weighted by molar-refractivity contribution is 5.23. The number of hydrogen-bond acceptors (Lipinski definition) is 1. The van der Waals surface area contributed by atoms with Gasteiger partial charge < -0.3 is 4.90 Å². The molecule has 2 bridgehead atoms. The summed E-state index contributed by atoms with van der Waals surface area (Å²) in [6.45, 7) is 2.59. The first kappa shape index (κ1) is 13.2. The van der Waals surface area contributed by atoms with Crippen molar-refractivity contribution in [1.29, 1.82) is 0 Å². The van der Waals surface area contributed by atoms with Gasteiger partial charge in [0.05, 0.1) is 0 Å². The molecule has 1 heteroatoms. The third-order valence-electron chi connectivity index (χ3n) is 5.74. The maximum atomic E-state index is 2.69. The highest BCUT2D eigenvalue weighted by Gasteiger charge is 2.39. The number of hydrogen-bond donors (Lipinski definition) is 0. The van der Waals surface area contributed by atoms with Gasteiger partial charge in [0.2, 0.25) is 0 Å². The van der Waals surface area contributed by atoms with E-state index in [0.717, 1.165) is 24.2 Å². The molecule has 0 radical (unpaired) electrons. The Labute approximate surface area is 128 Å². The van der Waals surface area contributed by atoms with Crippen LogP contribution in [0.2, 0.25) is 0 Å². The van der Waals surface area contributed by atoms with Crippen LogP contribution in [0.15, 0.2) is 54.3 Å². The van der Waals surface area contributed by atoms with Crippen molar-refractivity contribution in [2.75, 3.05) is 13.1 Å². The Kier molecular flexibility index (Phi) is 3.58. The molecular weight excluding hydrogens is 254 g/mol. The molecule has 1 aromatic rings. The van der Waals surface area contributed by atoms with E-state index < -0.39 is 0 Å². The minimum absolute atomic E-state index is 0.902. The third-order valence-corrected chi connectivity index (χ3v) is 5.74.